The van der Waals surface area contributed by atoms with E-state index in [-0.39, 0.29) is 6.42 Å². The first-order chi connectivity index (χ1) is 18.8. The lowest BCUT2D eigenvalue weighted by Gasteiger charge is -2.24. The number of hydrogen-bond donors (Lipinski definition) is 9. The van der Waals surface area contributed by atoms with Crippen LogP contribution >= 0.6 is 0 Å². The Morgan fingerprint density at radius 1 is 0.800 bits per heavy atom. The Balaban J connectivity index is 2.14. The highest BCUT2D eigenvalue weighted by Gasteiger charge is 2.32. The number of carboxylic acids is 3. The average Bonchev–Trinajstić information content (AvgIpc) is 3.27. The van der Waals surface area contributed by atoms with Crippen molar-refractivity contribution in [1.29, 1.82) is 0 Å². The summed E-state index contributed by atoms with van der Waals surface area (Å²) < 4.78 is 0. The quantitative estimate of drug-likeness (QED) is 0.106. The van der Waals surface area contributed by atoms with Gasteiger partial charge in [-0.15, -0.1) is 0 Å². The van der Waals surface area contributed by atoms with Crippen molar-refractivity contribution in [2.45, 2.75) is 56.3 Å². The molecule has 16 heteroatoms. The normalized spacial score (nSPS) is 13.8. The fourth-order valence-corrected chi connectivity index (χ4v) is 3.77. The molecule has 4 amide bonds. The van der Waals surface area contributed by atoms with E-state index in [1.54, 1.807) is 12.3 Å². The van der Waals surface area contributed by atoms with Crippen LogP contribution in [-0.4, -0.2) is 86.0 Å². The minimum atomic E-state index is -1.76. The molecule has 0 radical (unpaired) electrons. The third-order valence-electron chi connectivity index (χ3n) is 5.76. The van der Waals surface area contributed by atoms with Crippen LogP contribution in [0.4, 0.5) is 0 Å². The Morgan fingerprint density at radius 2 is 1.38 bits per heavy atom. The molecular weight excluding hydrogens is 532 g/mol. The van der Waals surface area contributed by atoms with E-state index < -0.39 is 91.4 Å². The van der Waals surface area contributed by atoms with Gasteiger partial charge in [0.1, 0.15) is 18.1 Å². The van der Waals surface area contributed by atoms with Crippen molar-refractivity contribution in [3.63, 3.8) is 0 Å². The molecule has 0 bridgehead atoms. The van der Waals surface area contributed by atoms with Crippen molar-refractivity contribution in [3.05, 3.63) is 36.0 Å². The van der Waals surface area contributed by atoms with E-state index in [9.17, 15) is 43.8 Å². The van der Waals surface area contributed by atoms with Crippen LogP contribution in [0.2, 0.25) is 0 Å². The number of carbonyl (C=O) groups excluding carboxylic acids is 4. The van der Waals surface area contributed by atoms with Gasteiger partial charge in [-0.3, -0.25) is 28.8 Å². The van der Waals surface area contributed by atoms with E-state index in [0.717, 1.165) is 10.9 Å². The number of primary amides is 1. The first-order valence-corrected chi connectivity index (χ1v) is 11.9. The fraction of sp³-hybridized carbons (Fsp3) is 0.375. The van der Waals surface area contributed by atoms with Crippen LogP contribution in [0.1, 0.15) is 31.2 Å². The van der Waals surface area contributed by atoms with Gasteiger partial charge in [-0.05, 0) is 24.5 Å². The van der Waals surface area contributed by atoms with Gasteiger partial charge in [0.15, 0.2) is 0 Å². The first kappa shape index (κ1) is 31.2. The summed E-state index contributed by atoms with van der Waals surface area (Å²) in [6.07, 6.45) is -1.13. The number of nitrogens with two attached hydrogens (primary N) is 2. The molecule has 1 aromatic carbocycles. The maximum Gasteiger partial charge on any atom is 0.326 e. The molecule has 1 aromatic heterocycles. The largest absolute Gasteiger partial charge is 0.481 e. The second-order valence-corrected chi connectivity index (χ2v) is 8.89. The van der Waals surface area contributed by atoms with Gasteiger partial charge in [-0.25, -0.2) is 4.79 Å². The zero-order valence-electron chi connectivity index (χ0n) is 21.1. The highest BCUT2D eigenvalue weighted by molar-refractivity contribution is 5.97. The van der Waals surface area contributed by atoms with Crippen LogP contribution in [0.5, 0.6) is 0 Å². The third-order valence-corrected chi connectivity index (χ3v) is 5.76. The second kappa shape index (κ2) is 14.2. The van der Waals surface area contributed by atoms with Gasteiger partial charge in [0.25, 0.3) is 0 Å². The molecule has 11 N–H and O–H groups in total. The number of H-pyrrole nitrogens is 1. The molecule has 0 aliphatic heterocycles. The fourth-order valence-electron chi connectivity index (χ4n) is 3.77. The molecule has 16 nitrogen and oxygen atoms in total. The number of benzene rings is 1. The number of amides is 4. The zero-order valence-corrected chi connectivity index (χ0v) is 21.1. The molecule has 4 atom stereocenters. The van der Waals surface area contributed by atoms with Crippen LogP contribution in [0, 0.1) is 0 Å². The van der Waals surface area contributed by atoms with Gasteiger partial charge >= 0.3 is 17.9 Å². The van der Waals surface area contributed by atoms with Gasteiger partial charge in [0.2, 0.25) is 23.6 Å². The van der Waals surface area contributed by atoms with Crippen molar-refractivity contribution >= 4 is 52.4 Å². The Morgan fingerprint density at radius 3 is 1.95 bits per heavy atom. The summed E-state index contributed by atoms with van der Waals surface area (Å²) in [4.78, 5) is 86.4. The van der Waals surface area contributed by atoms with Gasteiger partial charge in [0.05, 0.1) is 18.9 Å². The van der Waals surface area contributed by atoms with Crippen LogP contribution in [0.25, 0.3) is 10.9 Å². The molecule has 2 rings (SSSR count). The lowest BCUT2D eigenvalue weighted by Crippen LogP contribution is -2.58. The number of fused-ring (bicyclic) bond motifs is 1. The first-order valence-electron chi connectivity index (χ1n) is 11.9. The summed E-state index contributed by atoms with van der Waals surface area (Å²) in [5, 5.41) is 34.4. The molecular formula is C24H30N6O10. The molecule has 0 aliphatic rings. The number of para-hydroxylation sites is 1. The number of carbonyl (C=O) groups is 7. The van der Waals surface area contributed by atoms with Crippen LogP contribution in [0.3, 0.4) is 0 Å². The smallest absolute Gasteiger partial charge is 0.326 e. The summed E-state index contributed by atoms with van der Waals surface area (Å²) in [6.45, 7) is 0. The van der Waals surface area contributed by atoms with Crippen molar-refractivity contribution in [1.82, 2.24) is 20.9 Å². The van der Waals surface area contributed by atoms with Crippen LogP contribution in [0.15, 0.2) is 30.5 Å². The molecule has 0 spiro atoms. The predicted molar refractivity (Wildman–Crippen MR) is 136 cm³/mol. The molecule has 0 aliphatic carbocycles. The maximum atomic E-state index is 12.9. The Labute approximate surface area is 226 Å². The Bertz CT molecular complexity index is 1290. The van der Waals surface area contributed by atoms with E-state index in [1.807, 2.05) is 23.5 Å². The standard InChI is InChI=1S/C24H30N6O10/c25-13(7-11-10-27-14-4-2-1-3-12(11)14)21(36)29-17(9-20(34)35)23(38)30-16(8-18(26)31)22(37)28-15(24(39)40)5-6-19(32)33/h1-4,10,13,15-17,27H,5-9,25H2,(H2,26,31)(H,28,37)(H,29,36)(H,30,38)(H,32,33)(H,34,35)(H,39,40). The number of hydrogen-bond acceptors (Lipinski definition) is 8. The number of rotatable bonds is 16. The molecule has 2 aromatic rings. The zero-order chi connectivity index (χ0) is 30.0. The summed E-state index contributed by atoms with van der Waals surface area (Å²) in [5.41, 5.74) is 12.6. The van der Waals surface area contributed by atoms with Gasteiger partial charge in [-0.2, -0.15) is 0 Å². The molecule has 40 heavy (non-hydrogen) atoms. The van der Waals surface area contributed by atoms with Crippen LogP contribution < -0.4 is 27.4 Å². The predicted octanol–water partition coefficient (Wildman–Crippen LogP) is -2.21. The molecule has 0 saturated carbocycles. The van der Waals surface area contributed by atoms with Gasteiger partial charge in [-0.1, -0.05) is 18.2 Å². The molecule has 0 saturated heterocycles. The summed E-state index contributed by atoms with van der Waals surface area (Å²) in [5.74, 6) is -8.70. The molecule has 4 unspecified atom stereocenters. The third kappa shape index (κ3) is 9.39. The van der Waals surface area contributed by atoms with Crippen molar-refractivity contribution in [2.75, 3.05) is 0 Å². The highest BCUT2D eigenvalue weighted by Crippen LogP contribution is 2.18. The maximum absolute atomic E-state index is 12.9. The number of aromatic nitrogens is 1. The minimum absolute atomic E-state index is 0.0386. The van der Waals surface area contributed by atoms with Crippen LogP contribution in [-0.2, 0) is 40.0 Å². The number of nitrogens with one attached hydrogen (secondary N) is 4. The lowest BCUT2D eigenvalue weighted by molar-refractivity contribution is -0.144. The van der Waals surface area contributed by atoms with E-state index >= 15 is 0 Å². The summed E-state index contributed by atoms with van der Waals surface area (Å²) in [7, 11) is 0. The molecule has 0 fully saturated rings. The number of aliphatic carboxylic acids is 3. The minimum Gasteiger partial charge on any atom is -0.481 e. The second-order valence-electron chi connectivity index (χ2n) is 8.89. The van der Waals surface area contributed by atoms with E-state index in [4.69, 9.17) is 16.6 Å². The lowest BCUT2D eigenvalue weighted by atomic mass is 10.0. The highest BCUT2D eigenvalue weighted by atomic mass is 16.4. The topological polar surface area (TPSA) is 284 Å². The van der Waals surface area contributed by atoms with Crippen molar-refractivity contribution in [2.24, 2.45) is 11.5 Å². The van der Waals surface area contributed by atoms with Gasteiger partial charge < -0.3 is 47.7 Å². The van der Waals surface area contributed by atoms with E-state index in [1.165, 1.54) is 0 Å². The Kier molecular flexibility index (Phi) is 11.1. The molecule has 1 heterocycles. The van der Waals surface area contributed by atoms with E-state index in [0.29, 0.717) is 5.56 Å². The summed E-state index contributed by atoms with van der Waals surface area (Å²) in [6, 6.07) is 0.880. The average molecular weight is 563 g/mol. The van der Waals surface area contributed by atoms with Crippen molar-refractivity contribution < 1.29 is 48.9 Å². The van der Waals surface area contributed by atoms with Crippen molar-refractivity contribution in [3.8, 4) is 0 Å². The monoisotopic (exact) mass is 562 g/mol. The number of aromatic amines is 1. The van der Waals surface area contributed by atoms with Gasteiger partial charge in [0, 0.05) is 23.5 Å². The molecule has 216 valence electrons. The Hall–Kier alpha value is -4.99. The number of carboxylic acid groups (broad SMARTS) is 3. The summed E-state index contributed by atoms with van der Waals surface area (Å²) >= 11 is 0. The van der Waals surface area contributed by atoms with E-state index in [2.05, 4.69) is 15.6 Å². The SMILES string of the molecule is NC(=O)CC(NC(=O)C(CC(=O)O)NC(=O)C(N)Cc1c[nH]c2ccccc12)C(=O)NC(CCC(=O)O)C(=O)O.